The molecule has 2 aliphatic carbocycles. The first kappa shape index (κ1) is 16.1. The molecule has 126 valence electrons. The number of guanidine groups is 1. The van der Waals surface area contributed by atoms with E-state index in [2.05, 4.69) is 20.5 Å². The molecular formula is C17H32N4O. The molecule has 0 bridgehead atoms. The van der Waals surface area contributed by atoms with E-state index in [4.69, 9.17) is 0 Å². The van der Waals surface area contributed by atoms with Crippen LogP contribution >= 0.6 is 0 Å². The molecule has 1 heterocycles. The molecule has 2 unspecified atom stereocenters. The van der Waals surface area contributed by atoms with E-state index in [0.29, 0.717) is 18.5 Å². The van der Waals surface area contributed by atoms with E-state index in [1.54, 1.807) is 0 Å². The average molecular weight is 308 g/mol. The highest BCUT2D eigenvalue weighted by Gasteiger charge is 2.34. The molecule has 0 aromatic carbocycles. The molecule has 2 saturated carbocycles. The molecule has 3 N–H and O–H groups in total. The molecule has 3 rings (SSSR count). The van der Waals surface area contributed by atoms with Gasteiger partial charge < -0.3 is 15.7 Å². The lowest BCUT2D eigenvalue weighted by atomic mass is 9.85. The minimum atomic E-state index is -0.245. The van der Waals surface area contributed by atoms with Crippen molar-refractivity contribution in [3.8, 4) is 0 Å². The first-order chi connectivity index (χ1) is 10.8. The maximum atomic E-state index is 10.3. The highest BCUT2D eigenvalue weighted by atomic mass is 16.3. The number of hydrogen-bond donors (Lipinski definition) is 3. The molecule has 22 heavy (non-hydrogen) atoms. The van der Waals surface area contributed by atoms with Crippen LogP contribution in [0.4, 0.5) is 0 Å². The Bertz CT molecular complexity index is 377. The predicted molar refractivity (Wildman–Crippen MR) is 90.1 cm³/mol. The van der Waals surface area contributed by atoms with Gasteiger partial charge in [0, 0.05) is 38.8 Å². The zero-order chi connectivity index (χ0) is 15.4. The average Bonchev–Trinajstić information content (AvgIpc) is 3.31. The molecule has 1 aliphatic heterocycles. The van der Waals surface area contributed by atoms with Gasteiger partial charge in [-0.3, -0.25) is 9.89 Å². The largest absolute Gasteiger partial charge is 0.391 e. The van der Waals surface area contributed by atoms with Gasteiger partial charge in [-0.1, -0.05) is 19.3 Å². The topological polar surface area (TPSA) is 59.9 Å². The third-order valence-electron chi connectivity index (χ3n) is 5.52. The monoisotopic (exact) mass is 308 g/mol. The van der Waals surface area contributed by atoms with E-state index in [1.807, 2.05) is 7.05 Å². The summed E-state index contributed by atoms with van der Waals surface area (Å²) in [5.74, 6) is 1.31. The van der Waals surface area contributed by atoms with Crippen molar-refractivity contribution in [1.29, 1.82) is 0 Å². The molecule has 0 spiro atoms. The Morgan fingerprint density at radius 2 is 1.95 bits per heavy atom. The van der Waals surface area contributed by atoms with Crippen LogP contribution in [-0.4, -0.2) is 60.8 Å². The van der Waals surface area contributed by atoms with Gasteiger partial charge in [-0.05, 0) is 38.0 Å². The lowest BCUT2D eigenvalue weighted by molar-refractivity contribution is 0.0879. The van der Waals surface area contributed by atoms with Crippen LogP contribution in [0, 0.1) is 5.92 Å². The number of likely N-dealkylation sites (tertiary alicyclic amines) is 1. The zero-order valence-corrected chi connectivity index (χ0v) is 13.9. The summed E-state index contributed by atoms with van der Waals surface area (Å²) in [5.41, 5.74) is 0. The van der Waals surface area contributed by atoms with E-state index in [9.17, 15) is 5.11 Å². The van der Waals surface area contributed by atoms with Gasteiger partial charge in [0.25, 0.3) is 0 Å². The zero-order valence-electron chi connectivity index (χ0n) is 13.9. The smallest absolute Gasteiger partial charge is 0.191 e. The van der Waals surface area contributed by atoms with E-state index in [-0.39, 0.29) is 6.10 Å². The van der Waals surface area contributed by atoms with Crippen LogP contribution in [0.2, 0.25) is 0 Å². The molecule has 0 aromatic rings. The lowest BCUT2D eigenvalue weighted by Crippen LogP contribution is -2.47. The fourth-order valence-electron chi connectivity index (χ4n) is 3.95. The summed E-state index contributed by atoms with van der Waals surface area (Å²) in [4.78, 5) is 6.92. The highest BCUT2D eigenvalue weighted by molar-refractivity contribution is 5.80. The Kier molecular flexibility index (Phi) is 5.58. The van der Waals surface area contributed by atoms with Crippen LogP contribution < -0.4 is 10.6 Å². The van der Waals surface area contributed by atoms with Gasteiger partial charge >= 0.3 is 0 Å². The number of aliphatic hydroxyl groups excluding tert-OH is 1. The number of aliphatic hydroxyl groups is 1. The molecule has 2 atom stereocenters. The second-order valence-electron chi connectivity index (χ2n) is 7.27. The number of rotatable bonds is 5. The summed E-state index contributed by atoms with van der Waals surface area (Å²) in [6.07, 6.45) is 9.94. The van der Waals surface area contributed by atoms with Crippen molar-refractivity contribution in [2.24, 2.45) is 10.9 Å². The van der Waals surface area contributed by atoms with Crippen LogP contribution in [-0.2, 0) is 0 Å². The molecule has 0 radical (unpaired) electrons. The van der Waals surface area contributed by atoms with Gasteiger partial charge in [0.2, 0.25) is 0 Å². The Balaban J connectivity index is 1.38. The summed E-state index contributed by atoms with van der Waals surface area (Å²) >= 11 is 0. The van der Waals surface area contributed by atoms with Crippen LogP contribution in [0.25, 0.3) is 0 Å². The summed E-state index contributed by atoms with van der Waals surface area (Å²) in [5, 5.41) is 17.2. The maximum Gasteiger partial charge on any atom is 0.191 e. The molecule has 3 fully saturated rings. The van der Waals surface area contributed by atoms with Crippen molar-refractivity contribution in [2.75, 3.05) is 26.7 Å². The van der Waals surface area contributed by atoms with Crippen LogP contribution in [0.5, 0.6) is 0 Å². The predicted octanol–water partition coefficient (Wildman–Crippen LogP) is 1.33. The van der Waals surface area contributed by atoms with Crippen molar-refractivity contribution in [2.45, 2.75) is 69.6 Å². The van der Waals surface area contributed by atoms with E-state index < -0.39 is 0 Å². The first-order valence-electron chi connectivity index (χ1n) is 9.15. The fraction of sp³-hybridized carbons (Fsp3) is 0.941. The van der Waals surface area contributed by atoms with Gasteiger partial charge in [-0.15, -0.1) is 0 Å². The minimum Gasteiger partial charge on any atom is -0.391 e. The van der Waals surface area contributed by atoms with Crippen LogP contribution in [0.15, 0.2) is 4.99 Å². The van der Waals surface area contributed by atoms with Gasteiger partial charge in [0.05, 0.1) is 6.10 Å². The van der Waals surface area contributed by atoms with Gasteiger partial charge in [-0.2, -0.15) is 0 Å². The molecule has 0 amide bonds. The second-order valence-corrected chi connectivity index (χ2v) is 7.27. The molecular weight excluding hydrogens is 276 g/mol. The SMILES string of the molecule is CN=C(NCC(O)C1CCCCC1)NC1CCN(C2CC2)C1. The van der Waals surface area contributed by atoms with Crippen molar-refractivity contribution < 1.29 is 5.11 Å². The van der Waals surface area contributed by atoms with Crippen LogP contribution in [0.3, 0.4) is 0 Å². The summed E-state index contributed by atoms with van der Waals surface area (Å²) in [6.45, 7) is 2.96. The van der Waals surface area contributed by atoms with E-state index in [1.165, 1.54) is 57.9 Å². The van der Waals surface area contributed by atoms with E-state index in [0.717, 1.165) is 18.5 Å². The van der Waals surface area contributed by atoms with E-state index >= 15 is 0 Å². The van der Waals surface area contributed by atoms with Gasteiger partial charge in [-0.25, -0.2) is 0 Å². The summed E-state index contributed by atoms with van der Waals surface area (Å²) in [7, 11) is 1.82. The third-order valence-corrected chi connectivity index (χ3v) is 5.52. The fourth-order valence-corrected chi connectivity index (χ4v) is 3.95. The Labute approximate surface area is 134 Å². The molecule has 5 nitrogen and oxygen atoms in total. The Morgan fingerprint density at radius 3 is 2.64 bits per heavy atom. The molecule has 1 saturated heterocycles. The number of nitrogens with zero attached hydrogens (tertiary/aromatic N) is 2. The van der Waals surface area contributed by atoms with Crippen molar-refractivity contribution in [1.82, 2.24) is 15.5 Å². The second kappa shape index (κ2) is 7.64. The number of aliphatic imine (C=N–C) groups is 1. The van der Waals surface area contributed by atoms with Crippen molar-refractivity contribution in [3.63, 3.8) is 0 Å². The van der Waals surface area contributed by atoms with Crippen molar-refractivity contribution in [3.05, 3.63) is 0 Å². The normalized spacial score (nSPS) is 29.5. The van der Waals surface area contributed by atoms with Crippen molar-refractivity contribution >= 4 is 5.96 Å². The third kappa shape index (κ3) is 4.35. The summed E-state index contributed by atoms with van der Waals surface area (Å²) < 4.78 is 0. The van der Waals surface area contributed by atoms with Gasteiger partial charge in [0.15, 0.2) is 5.96 Å². The Morgan fingerprint density at radius 1 is 1.18 bits per heavy atom. The standard InChI is InChI=1S/C17H32N4O/c1-18-17(19-11-16(22)13-5-3-2-4-6-13)20-14-9-10-21(12-14)15-7-8-15/h13-16,22H,2-12H2,1H3,(H2,18,19,20). The highest BCUT2D eigenvalue weighted by Crippen LogP contribution is 2.29. The van der Waals surface area contributed by atoms with Crippen LogP contribution in [0.1, 0.15) is 51.4 Å². The summed E-state index contributed by atoms with van der Waals surface area (Å²) in [6, 6.07) is 1.36. The first-order valence-corrected chi connectivity index (χ1v) is 9.15. The Hall–Kier alpha value is -0.810. The maximum absolute atomic E-state index is 10.3. The minimum absolute atomic E-state index is 0.245. The molecule has 5 heteroatoms. The molecule has 0 aromatic heterocycles. The molecule has 3 aliphatic rings. The lowest BCUT2D eigenvalue weighted by Gasteiger charge is -2.27. The van der Waals surface area contributed by atoms with Gasteiger partial charge in [0.1, 0.15) is 0 Å². The number of hydrogen-bond acceptors (Lipinski definition) is 3. The number of nitrogens with one attached hydrogen (secondary N) is 2. The quantitative estimate of drug-likeness (QED) is 0.530.